The molecule has 92 heavy (non-hydrogen) atoms. The van der Waals surface area contributed by atoms with Crippen LogP contribution in [0.15, 0.2) is 0 Å². The minimum atomic E-state index is -4.95. The van der Waals surface area contributed by atoms with Gasteiger partial charge in [-0.25, -0.2) is 9.13 Å². The molecule has 0 aliphatic rings. The number of phosphoric ester groups is 2. The minimum Gasteiger partial charge on any atom is -0.462 e. The number of ether oxygens (including phenoxy) is 4. The molecule has 0 aromatic rings. The van der Waals surface area contributed by atoms with Crippen LogP contribution in [0, 0.1) is 5.92 Å². The molecule has 546 valence electrons. The smallest absolute Gasteiger partial charge is 0.462 e. The summed E-state index contributed by atoms with van der Waals surface area (Å²) < 4.78 is 68.4. The molecule has 0 spiro atoms. The molecule has 0 aliphatic carbocycles. The number of carbonyl (C=O) groups is 4. The summed E-state index contributed by atoms with van der Waals surface area (Å²) in [6.07, 6.45) is 53.9. The van der Waals surface area contributed by atoms with Crippen LogP contribution >= 0.6 is 15.6 Å². The van der Waals surface area contributed by atoms with E-state index in [1.807, 2.05) is 0 Å². The first-order valence-electron chi connectivity index (χ1n) is 38.1. The van der Waals surface area contributed by atoms with E-state index in [0.717, 1.165) is 95.8 Å². The molecule has 0 saturated carbocycles. The highest BCUT2D eigenvalue weighted by Gasteiger charge is 2.30. The Bertz CT molecular complexity index is 1770. The number of rotatable bonds is 73. The number of esters is 4. The predicted molar refractivity (Wildman–Crippen MR) is 372 cm³/mol. The van der Waals surface area contributed by atoms with E-state index in [1.165, 1.54) is 205 Å². The van der Waals surface area contributed by atoms with Gasteiger partial charge >= 0.3 is 39.5 Å². The number of unbranched alkanes of at least 4 members (excludes halogenated alkanes) is 45. The fourth-order valence-corrected chi connectivity index (χ4v) is 12.8. The van der Waals surface area contributed by atoms with Gasteiger partial charge in [0, 0.05) is 25.7 Å². The van der Waals surface area contributed by atoms with Crippen molar-refractivity contribution in [3.8, 4) is 0 Å². The van der Waals surface area contributed by atoms with E-state index in [1.54, 1.807) is 0 Å². The fraction of sp³-hybridized carbons (Fsp3) is 0.945. The average Bonchev–Trinajstić information content (AvgIpc) is 1.71. The van der Waals surface area contributed by atoms with E-state index in [2.05, 4.69) is 34.6 Å². The Hall–Kier alpha value is -1.94. The van der Waals surface area contributed by atoms with E-state index in [4.69, 9.17) is 37.0 Å². The molecule has 0 radical (unpaired) electrons. The number of aliphatic hydroxyl groups is 1. The lowest BCUT2D eigenvalue weighted by Crippen LogP contribution is -2.30. The molecule has 3 N–H and O–H groups in total. The van der Waals surface area contributed by atoms with Crippen molar-refractivity contribution in [2.45, 2.75) is 400 Å². The summed E-state index contributed by atoms with van der Waals surface area (Å²) in [5, 5.41) is 10.6. The van der Waals surface area contributed by atoms with Crippen molar-refractivity contribution in [1.29, 1.82) is 0 Å². The van der Waals surface area contributed by atoms with E-state index in [-0.39, 0.29) is 25.7 Å². The third kappa shape index (κ3) is 66.7. The topological polar surface area (TPSA) is 237 Å². The maximum Gasteiger partial charge on any atom is 0.472 e. The molecule has 0 fully saturated rings. The zero-order chi connectivity index (χ0) is 67.7. The minimum absolute atomic E-state index is 0.108. The van der Waals surface area contributed by atoms with E-state index >= 15 is 0 Å². The van der Waals surface area contributed by atoms with Gasteiger partial charge in [-0.1, -0.05) is 330 Å². The standard InChI is InChI=1S/C73H142O17P2/c1-6-9-12-15-18-21-24-27-28-29-30-33-38-44-49-54-59-73(78)90-69(63-84-71(76)57-52-47-42-39-34-35-40-45-50-55-66(4)5)65-88-92(81,82)86-61-67(74)60-85-91(79,80)87-64-68(89-72(77)58-53-48-43-37-32-26-23-20-17-14-11-8-3)62-83-70(75)56-51-46-41-36-31-25-22-19-16-13-10-7-2/h66-69,74H,6-65H2,1-5H3,(H,79,80)(H,81,82)/t67-,68+,69+/m0/s1. The quantitative estimate of drug-likeness (QED) is 0.0222. The summed E-state index contributed by atoms with van der Waals surface area (Å²) in [7, 11) is -9.90. The van der Waals surface area contributed by atoms with Gasteiger partial charge in [-0.05, 0) is 31.6 Å². The largest absolute Gasteiger partial charge is 0.472 e. The van der Waals surface area contributed by atoms with Crippen molar-refractivity contribution < 1.29 is 80.2 Å². The Labute approximate surface area is 562 Å². The molecule has 0 bridgehead atoms. The maximum absolute atomic E-state index is 13.0. The number of carbonyl (C=O) groups excluding carboxylic acids is 4. The van der Waals surface area contributed by atoms with Gasteiger partial charge < -0.3 is 33.8 Å². The van der Waals surface area contributed by atoms with Crippen LogP contribution in [-0.4, -0.2) is 96.7 Å². The van der Waals surface area contributed by atoms with E-state index < -0.39 is 97.5 Å². The lowest BCUT2D eigenvalue weighted by molar-refractivity contribution is -0.161. The van der Waals surface area contributed by atoms with Gasteiger partial charge in [0.25, 0.3) is 0 Å². The lowest BCUT2D eigenvalue weighted by atomic mass is 10.0. The van der Waals surface area contributed by atoms with Gasteiger partial charge in [-0.2, -0.15) is 0 Å². The molecule has 5 atom stereocenters. The van der Waals surface area contributed by atoms with E-state index in [9.17, 15) is 43.2 Å². The zero-order valence-electron chi connectivity index (χ0n) is 59.7. The van der Waals surface area contributed by atoms with Gasteiger partial charge in [0.2, 0.25) is 0 Å². The highest BCUT2D eigenvalue weighted by Crippen LogP contribution is 2.45. The van der Waals surface area contributed by atoms with Crippen molar-refractivity contribution in [2.24, 2.45) is 5.92 Å². The molecule has 0 aromatic heterocycles. The van der Waals surface area contributed by atoms with Crippen molar-refractivity contribution in [2.75, 3.05) is 39.6 Å². The number of aliphatic hydroxyl groups excluding tert-OH is 1. The lowest BCUT2D eigenvalue weighted by Gasteiger charge is -2.21. The second-order valence-electron chi connectivity index (χ2n) is 26.8. The third-order valence-corrected chi connectivity index (χ3v) is 18.9. The Morgan fingerprint density at radius 2 is 0.500 bits per heavy atom. The summed E-state index contributed by atoms with van der Waals surface area (Å²) in [5.41, 5.74) is 0. The Morgan fingerprint density at radius 3 is 0.739 bits per heavy atom. The van der Waals surface area contributed by atoms with Gasteiger partial charge in [-0.15, -0.1) is 0 Å². The molecule has 17 nitrogen and oxygen atoms in total. The molecule has 0 heterocycles. The highest BCUT2D eigenvalue weighted by molar-refractivity contribution is 7.47. The zero-order valence-corrected chi connectivity index (χ0v) is 61.5. The van der Waals surface area contributed by atoms with Gasteiger partial charge in [-0.3, -0.25) is 37.3 Å². The molecule has 0 aromatic carbocycles. The van der Waals surface area contributed by atoms with Crippen LogP contribution in [0.5, 0.6) is 0 Å². The predicted octanol–water partition coefficient (Wildman–Crippen LogP) is 21.3. The molecule has 19 heteroatoms. The Morgan fingerprint density at radius 1 is 0.293 bits per heavy atom. The normalized spacial score (nSPS) is 14.0. The summed E-state index contributed by atoms with van der Waals surface area (Å²) in [6.45, 7) is 7.26. The molecular formula is C73H142O17P2. The van der Waals surface area contributed by atoms with Crippen LogP contribution in [-0.2, 0) is 65.4 Å². The SMILES string of the molecule is CCCCCCCCCCCCCCCCCCC(=O)O[C@H](COC(=O)CCCCCCCCCCCC(C)C)COP(=O)(O)OC[C@@H](O)COP(=O)(O)OC[C@@H](COC(=O)CCCCCCCCCCCCCC)OC(=O)CCCCCCCCCCCCCC. The first-order valence-corrected chi connectivity index (χ1v) is 41.1. The molecular weight excluding hydrogens is 1210 g/mol. The van der Waals surface area contributed by atoms with Crippen LogP contribution in [0.25, 0.3) is 0 Å². The Kier molecular flexibility index (Phi) is 64.9. The van der Waals surface area contributed by atoms with Crippen molar-refractivity contribution in [1.82, 2.24) is 0 Å². The Balaban J connectivity index is 5.25. The van der Waals surface area contributed by atoms with Gasteiger partial charge in [0.1, 0.15) is 19.3 Å². The van der Waals surface area contributed by atoms with Crippen LogP contribution in [0.1, 0.15) is 381 Å². The first-order chi connectivity index (χ1) is 44.5. The summed E-state index contributed by atoms with van der Waals surface area (Å²) in [4.78, 5) is 72.7. The molecule has 0 rings (SSSR count). The maximum atomic E-state index is 13.0. The second-order valence-corrected chi connectivity index (χ2v) is 29.7. The van der Waals surface area contributed by atoms with Crippen LogP contribution in [0.3, 0.4) is 0 Å². The molecule has 2 unspecified atom stereocenters. The van der Waals surface area contributed by atoms with Gasteiger partial charge in [0.15, 0.2) is 12.2 Å². The highest BCUT2D eigenvalue weighted by atomic mass is 31.2. The van der Waals surface area contributed by atoms with Gasteiger partial charge in [0.05, 0.1) is 26.4 Å². The van der Waals surface area contributed by atoms with Crippen LogP contribution < -0.4 is 0 Å². The fourth-order valence-electron chi connectivity index (χ4n) is 11.2. The molecule has 0 aliphatic heterocycles. The summed E-state index contributed by atoms with van der Waals surface area (Å²) in [5.74, 6) is -1.37. The number of phosphoric acid groups is 2. The number of hydrogen-bond donors (Lipinski definition) is 3. The third-order valence-electron chi connectivity index (χ3n) is 17.0. The molecule has 0 saturated heterocycles. The summed E-state index contributed by atoms with van der Waals surface area (Å²) >= 11 is 0. The van der Waals surface area contributed by atoms with Crippen molar-refractivity contribution >= 4 is 39.5 Å². The molecule has 0 amide bonds. The average molecular weight is 1350 g/mol. The van der Waals surface area contributed by atoms with Crippen molar-refractivity contribution in [3.05, 3.63) is 0 Å². The first kappa shape index (κ1) is 90.1. The van der Waals surface area contributed by atoms with Crippen molar-refractivity contribution in [3.63, 3.8) is 0 Å². The number of hydrogen-bond acceptors (Lipinski definition) is 15. The van der Waals surface area contributed by atoms with E-state index in [0.29, 0.717) is 25.7 Å². The monoisotopic (exact) mass is 1350 g/mol. The summed E-state index contributed by atoms with van der Waals surface area (Å²) in [6, 6.07) is 0. The van der Waals surface area contributed by atoms with Crippen LogP contribution in [0.4, 0.5) is 0 Å². The van der Waals surface area contributed by atoms with Crippen LogP contribution in [0.2, 0.25) is 0 Å². The second kappa shape index (κ2) is 66.3.